The summed E-state index contributed by atoms with van der Waals surface area (Å²) in [5.41, 5.74) is 2.69. The fraction of sp³-hybridized carbons (Fsp3) is 0.636. The Bertz CT molecular complexity index is 497. The Balaban J connectivity index is 2.16. The van der Waals surface area contributed by atoms with Gasteiger partial charge in [-0.25, -0.2) is 9.50 Å². The van der Waals surface area contributed by atoms with E-state index in [0.717, 1.165) is 17.8 Å². The fourth-order valence-corrected chi connectivity index (χ4v) is 3.25. The maximum Gasteiger partial charge on any atom is 0.212 e. The molecule has 1 unspecified atom stereocenters. The average Bonchev–Trinajstić information content (AvgIpc) is 2.86. The van der Waals surface area contributed by atoms with Gasteiger partial charge in [-0.15, -0.1) is 0 Å². The van der Waals surface area contributed by atoms with Crippen LogP contribution < -0.4 is 0 Å². The molecule has 0 radical (unpaired) electrons. The first kappa shape index (κ1) is 9.33. The molecule has 0 amide bonds. The lowest BCUT2D eigenvalue weighted by Crippen LogP contribution is -1.92. The third-order valence-electron chi connectivity index (χ3n) is 3.28. The average molecular weight is 221 g/mol. The number of fused-ring (bicyclic) bond motifs is 3. The Hall–Kier alpha value is -0.900. The summed E-state index contributed by atoms with van der Waals surface area (Å²) in [5, 5.41) is 5.80. The second-order valence-electron chi connectivity index (χ2n) is 4.13. The molecule has 3 nitrogen and oxygen atoms in total. The van der Waals surface area contributed by atoms with Crippen LogP contribution in [-0.2, 0) is 12.8 Å². The van der Waals surface area contributed by atoms with Gasteiger partial charge in [0.05, 0.1) is 11.4 Å². The van der Waals surface area contributed by atoms with Gasteiger partial charge in [0, 0.05) is 5.92 Å². The Morgan fingerprint density at radius 1 is 1.47 bits per heavy atom. The highest BCUT2D eigenvalue weighted by Gasteiger charge is 2.27. The SMILES string of the molecule is CCc1nn2c3c(nc2s1)C(CC)CC3. The summed E-state index contributed by atoms with van der Waals surface area (Å²) >= 11 is 1.73. The van der Waals surface area contributed by atoms with Crippen molar-refractivity contribution < 1.29 is 0 Å². The highest BCUT2D eigenvalue weighted by Crippen LogP contribution is 2.36. The van der Waals surface area contributed by atoms with Gasteiger partial charge >= 0.3 is 0 Å². The van der Waals surface area contributed by atoms with Crippen LogP contribution in [0.3, 0.4) is 0 Å². The lowest BCUT2D eigenvalue weighted by Gasteiger charge is -2.01. The normalized spacial score (nSPS) is 20.0. The van der Waals surface area contributed by atoms with Gasteiger partial charge in [-0.05, 0) is 25.7 Å². The molecule has 80 valence electrons. The zero-order valence-corrected chi connectivity index (χ0v) is 9.97. The van der Waals surface area contributed by atoms with E-state index in [0.29, 0.717) is 5.92 Å². The minimum Gasteiger partial charge on any atom is -0.222 e. The molecule has 0 saturated carbocycles. The van der Waals surface area contributed by atoms with Crippen molar-refractivity contribution in [1.82, 2.24) is 14.6 Å². The number of rotatable bonds is 2. The van der Waals surface area contributed by atoms with Crippen molar-refractivity contribution in [2.45, 2.75) is 45.4 Å². The van der Waals surface area contributed by atoms with Gasteiger partial charge in [0.2, 0.25) is 4.96 Å². The quantitative estimate of drug-likeness (QED) is 0.780. The summed E-state index contributed by atoms with van der Waals surface area (Å²) < 4.78 is 2.08. The Labute approximate surface area is 93.1 Å². The number of aromatic nitrogens is 3. The van der Waals surface area contributed by atoms with Crippen molar-refractivity contribution in [3.8, 4) is 0 Å². The van der Waals surface area contributed by atoms with Gasteiger partial charge in [-0.1, -0.05) is 25.2 Å². The van der Waals surface area contributed by atoms with E-state index >= 15 is 0 Å². The van der Waals surface area contributed by atoms with Gasteiger partial charge in [0.25, 0.3) is 0 Å². The summed E-state index contributed by atoms with van der Waals surface area (Å²) in [5.74, 6) is 0.680. The van der Waals surface area contributed by atoms with Gasteiger partial charge < -0.3 is 0 Å². The summed E-state index contributed by atoms with van der Waals surface area (Å²) in [7, 11) is 0. The number of nitrogens with zero attached hydrogens (tertiary/aromatic N) is 3. The highest BCUT2D eigenvalue weighted by atomic mass is 32.1. The molecule has 0 saturated heterocycles. The predicted octanol–water partition coefficient (Wildman–Crippen LogP) is 2.79. The number of hydrogen-bond acceptors (Lipinski definition) is 3. The molecule has 0 bridgehead atoms. The van der Waals surface area contributed by atoms with E-state index in [2.05, 4.69) is 23.5 Å². The molecule has 1 aliphatic carbocycles. The lowest BCUT2D eigenvalue weighted by atomic mass is 10.1. The van der Waals surface area contributed by atoms with Crippen LogP contribution >= 0.6 is 11.3 Å². The molecule has 4 heteroatoms. The summed E-state index contributed by atoms with van der Waals surface area (Å²) in [6, 6.07) is 0. The second kappa shape index (κ2) is 3.30. The molecule has 3 rings (SSSR count). The Morgan fingerprint density at radius 3 is 3.07 bits per heavy atom. The van der Waals surface area contributed by atoms with Crippen LogP contribution in [0, 0.1) is 0 Å². The van der Waals surface area contributed by atoms with E-state index in [1.165, 1.54) is 29.2 Å². The van der Waals surface area contributed by atoms with Gasteiger partial charge in [0.1, 0.15) is 5.01 Å². The van der Waals surface area contributed by atoms with Crippen LogP contribution in [0.2, 0.25) is 0 Å². The standard InChI is InChI=1S/C11H15N3S/c1-3-7-5-6-8-10(7)12-11-14(8)13-9(4-2)15-11/h7H,3-6H2,1-2H3. The van der Waals surface area contributed by atoms with Gasteiger partial charge in [0.15, 0.2) is 0 Å². The van der Waals surface area contributed by atoms with Crippen LogP contribution in [0.15, 0.2) is 0 Å². The van der Waals surface area contributed by atoms with Crippen molar-refractivity contribution >= 4 is 16.3 Å². The fourth-order valence-electron chi connectivity index (χ4n) is 2.39. The molecular formula is C11H15N3S. The first-order chi connectivity index (χ1) is 7.33. The van der Waals surface area contributed by atoms with Crippen molar-refractivity contribution in [3.05, 3.63) is 16.4 Å². The highest BCUT2D eigenvalue weighted by molar-refractivity contribution is 7.16. The smallest absolute Gasteiger partial charge is 0.212 e. The molecule has 1 atom stereocenters. The van der Waals surface area contributed by atoms with Crippen LogP contribution in [0.5, 0.6) is 0 Å². The molecule has 0 fully saturated rings. The zero-order valence-electron chi connectivity index (χ0n) is 9.16. The molecular weight excluding hydrogens is 206 g/mol. The monoisotopic (exact) mass is 221 g/mol. The maximum atomic E-state index is 4.73. The first-order valence-electron chi connectivity index (χ1n) is 5.70. The van der Waals surface area contributed by atoms with E-state index in [4.69, 9.17) is 4.98 Å². The van der Waals surface area contributed by atoms with Gasteiger partial charge in [-0.2, -0.15) is 5.10 Å². The third-order valence-corrected chi connectivity index (χ3v) is 4.33. The van der Waals surface area contributed by atoms with Crippen LogP contribution in [-0.4, -0.2) is 14.6 Å². The molecule has 0 aliphatic heterocycles. The number of aryl methyl sites for hydroxylation is 2. The van der Waals surface area contributed by atoms with Crippen LogP contribution in [0.25, 0.3) is 4.96 Å². The summed E-state index contributed by atoms with van der Waals surface area (Å²) in [4.78, 5) is 5.83. The number of hydrogen-bond donors (Lipinski definition) is 0. The Morgan fingerprint density at radius 2 is 2.33 bits per heavy atom. The molecule has 2 heterocycles. The van der Waals surface area contributed by atoms with E-state index in [9.17, 15) is 0 Å². The lowest BCUT2D eigenvalue weighted by molar-refractivity contribution is 0.640. The van der Waals surface area contributed by atoms with E-state index in [1.54, 1.807) is 11.3 Å². The predicted molar refractivity (Wildman–Crippen MR) is 61.6 cm³/mol. The number of imidazole rings is 1. The minimum absolute atomic E-state index is 0.680. The van der Waals surface area contributed by atoms with Crippen molar-refractivity contribution in [2.24, 2.45) is 0 Å². The second-order valence-corrected chi connectivity index (χ2v) is 5.17. The van der Waals surface area contributed by atoms with Gasteiger partial charge in [-0.3, -0.25) is 0 Å². The minimum atomic E-state index is 0.680. The van der Waals surface area contributed by atoms with Crippen molar-refractivity contribution in [2.75, 3.05) is 0 Å². The molecule has 0 N–H and O–H groups in total. The van der Waals surface area contributed by atoms with Crippen LogP contribution in [0.4, 0.5) is 0 Å². The van der Waals surface area contributed by atoms with Crippen molar-refractivity contribution in [3.63, 3.8) is 0 Å². The third kappa shape index (κ3) is 1.24. The molecule has 2 aromatic heterocycles. The molecule has 0 spiro atoms. The molecule has 2 aromatic rings. The summed E-state index contributed by atoms with van der Waals surface area (Å²) in [6.07, 6.45) is 4.64. The summed E-state index contributed by atoms with van der Waals surface area (Å²) in [6.45, 7) is 4.39. The topological polar surface area (TPSA) is 30.2 Å². The molecule has 1 aliphatic rings. The van der Waals surface area contributed by atoms with Crippen LogP contribution in [0.1, 0.15) is 49.0 Å². The van der Waals surface area contributed by atoms with E-state index in [-0.39, 0.29) is 0 Å². The van der Waals surface area contributed by atoms with Crippen molar-refractivity contribution in [1.29, 1.82) is 0 Å². The Kier molecular flexibility index (Phi) is 2.06. The van der Waals surface area contributed by atoms with E-state index < -0.39 is 0 Å². The molecule has 0 aromatic carbocycles. The zero-order chi connectivity index (χ0) is 10.4. The van der Waals surface area contributed by atoms with E-state index in [1.807, 2.05) is 0 Å². The first-order valence-corrected chi connectivity index (χ1v) is 6.52. The maximum absolute atomic E-state index is 4.73. The molecule has 15 heavy (non-hydrogen) atoms. The largest absolute Gasteiger partial charge is 0.222 e.